The van der Waals surface area contributed by atoms with Crippen LogP contribution in [-0.2, 0) is 4.79 Å². The monoisotopic (exact) mass is 282 g/mol. The van der Waals surface area contributed by atoms with Crippen LogP contribution in [0.15, 0.2) is 42.5 Å². The molecule has 0 spiro atoms. The van der Waals surface area contributed by atoms with Gasteiger partial charge in [-0.15, -0.1) is 0 Å². The molecule has 2 atom stereocenters. The molecule has 0 bridgehead atoms. The van der Waals surface area contributed by atoms with Gasteiger partial charge in [0.2, 0.25) is 5.91 Å². The second-order valence-electron chi connectivity index (χ2n) is 5.98. The Bertz CT molecular complexity index is 652. The van der Waals surface area contributed by atoms with E-state index < -0.39 is 0 Å². The van der Waals surface area contributed by atoms with Crippen molar-refractivity contribution in [1.29, 1.82) is 0 Å². The minimum Gasteiger partial charge on any atom is -0.348 e. The number of hydrogen-bond acceptors (Lipinski definition) is 2. The Morgan fingerprint density at radius 2 is 2.00 bits per heavy atom. The van der Waals surface area contributed by atoms with Crippen molar-refractivity contribution in [3.8, 4) is 0 Å². The van der Waals surface area contributed by atoms with Gasteiger partial charge in [0.15, 0.2) is 0 Å². The highest BCUT2D eigenvalue weighted by Gasteiger charge is 2.28. The predicted octanol–water partition coefficient (Wildman–Crippen LogP) is 3.11. The van der Waals surface area contributed by atoms with Crippen molar-refractivity contribution in [2.45, 2.75) is 31.8 Å². The minimum atomic E-state index is 0.0351. The molecule has 110 valence electrons. The fraction of sp³-hybridized carbons (Fsp3) is 0.389. The molecule has 1 N–H and O–H groups in total. The number of likely N-dealkylation sites (tertiary alicyclic amines) is 1. The van der Waals surface area contributed by atoms with Gasteiger partial charge in [-0.2, -0.15) is 0 Å². The largest absolute Gasteiger partial charge is 0.348 e. The molecule has 0 radical (unpaired) electrons. The number of nitrogens with zero attached hydrogens (tertiary/aromatic N) is 1. The number of rotatable bonds is 3. The van der Waals surface area contributed by atoms with Crippen LogP contribution in [0.4, 0.5) is 0 Å². The van der Waals surface area contributed by atoms with E-state index in [1.54, 1.807) is 0 Å². The molecule has 2 aromatic carbocycles. The quantitative estimate of drug-likeness (QED) is 0.938. The zero-order chi connectivity index (χ0) is 14.8. The maximum Gasteiger partial charge on any atom is 0.237 e. The lowest BCUT2D eigenvalue weighted by molar-refractivity contribution is -0.125. The average molecular weight is 282 g/mol. The van der Waals surface area contributed by atoms with Gasteiger partial charge in [0.1, 0.15) is 0 Å². The van der Waals surface area contributed by atoms with Crippen molar-refractivity contribution < 1.29 is 4.79 Å². The summed E-state index contributed by atoms with van der Waals surface area (Å²) in [7, 11) is 2.03. The van der Waals surface area contributed by atoms with Crippen LogP contribution in [0.2, 0.25) is 0 Å². The molecule has 3 rings (SSSR count). The van der Waals surface area contributed by atoms with E-state index in [2.05, 4.69) is 47.5 Å². The highest BCUT2D eigenvalue weighted by atomic mass is 16.2. The van der Waals surface area contributed by atoms with Crippen LogP contribution in [0.1, 0.15) is 31.4 Å². The Kier molecular flexibility index (Phi) is 3.93. The molecule has 1 aliphatic rings. The average Bonchev–Trinajstić information content (AvgIpc) is 2.93. The Labute approximate surface area is 125 Å². The molecule has 3 nitrogen and oxygen atoms in total. The third-order valence-electron chi connectivity index (χ3n) is 4.46. The first-order valence-corrected chi connectivity index (χ1v) is 7.64. The van der Waals surface area contributed by atoms with Crippen molar-refractivity contribution in [1.82, 2.24) is 10.2 Å². The van der Waals surface area contributed by atoms with E-state index in [0.29, 0.717) is 0 Å². The van der Waals surface area contributed by atoms with Crippen LogP contribution in [0.5, 0.6) is 0 Å². The van der Waals surface area contributed by atoms with E-state index in [1.165, 1.54) is 10.8 Å². The number of amides is 1. The highest BCUT2D eigenvalue weighted by molar-refractivity contribution is 5.84. The summed E-state index contributed by atoms with van der Waals surface area (Å²) < 4.78 is 0. The van der Waals surface area contributed by atoms with Gasteiger partial charge in [-0.1, -0.05) is 36.4 Å². The van der Waals surface area contributed by atoms with E-state index in [9.17, 15) is 4.79 Å². The smallest absolute Gasteiger partial charge is 0.237 e. The van der Waals surface area contributed by atoms with Crippen LogP contribution in [-0.4, -0.2) is 30.4 Å². The topological polar surface area (TPSA) is 32.3 Å². The number of nitrogens with one attached hydrogen (secondary N) is 1. The lowest BCUT2D eigenvalue weighted by Gasteiger charge is -2.22. The van der Waals surface area contributed by atoms with Crippen molar-refractivity contribution >= 4 is 16.7 Å². The van der Waals surface area contributed by atoms with Crippen LogP contribution >= 0.6 is 0 Å². The van der Waals surface area contributed by atoms with Crippen molar-refractivity contribution in [3.63, 3.8) is 0 Å². The molecule has 1 fully saturated rings. The van der Waals surface area contributed by atoms with E-state index in [-0.39, 0.29) is 18.0 Å². The van der Waals surface area contributed by atoms with Crippen LogP contribution in [0.3, 0.4) is 0 Å². The van der Waals surface area contributed by atoms with Crippen LogP contribution in [0, 0.1) is 0 Å². The van der Waals surface area contributed by atoms with Crippen molar-refractivity contribution in [2.24, 2.45) is 0 Å². The van der Waals surface area contributed by atoms with Gasteiger partial charge in [-0.05, 0) is 55.8 Å². The second kappa shape index (κ2) is 5.86. The Hall–Kier alpha value is -1.87. The second-order valence-corrected chi connectivity index (χ2v) is 5.98. The summed E-state index contributed by atoms with van der Waals surface area (Å²) >= 11 is 0. The molecule has 1 unspecified atom stereocenters. The van der Waals surface area contributed by atoms with Crippen LogP contribution in [0.25, 0.3) is 10.8 Å². The standard InChI is InChI=1S/C18H22N2O/c1-13(19-18(21)17-8-5-11-20(17)2)15-10-9-14-6-3-4-7-16(14)12-15/h3-4,6-7,9-10,12-13,17H,5,8,11H2,1-2H3,(H,19,21)/t13?,17-/m0/s1. The number of benzene rings is 2. The van der Waals surface area contributed by atoms with Crippen molar-refractivity contribution in [2.75, 3.05) is 13.6 Å². The molecule has 0 aromatic heterocycles. The van der Waals surface area contributed by atoms with Crippen LogP contribution < -0.4 is 5.32 Å². The van der Waals surface area contributed by atoms with Gasteiger partial charge >= 0.3 is 0 Å². The van der Waals surface area contributed by atoms with E-state index in [1.807, 2.05) is 19.2 Å². The summed E-state index contributed by atoms with van der Waals surface area (Å²) in [5.74, 6) is 0.149. The summed E-state index contributed by atoms with van der Waals surface area (Å²) in [6.45, 7) is 3.07. The number of fused-ring (bicyclic) bond motifs is 1. The van der Waals surface area contributed by atoms with Gasteiger partial charge < -0.3 is 5.32 Å². The highest BCUT2D eigenvalue weighted by Crippen LogP contribution is 2.21. The summed E-state index contributed by atoms with van der Waals surface area (Å²) in [4.78, 5) is 14.5. The lowest BCUT2D eigenvalue weighted by atomic mass is 10.0. The SMILES string of the molecule is CC(NC(=O)[C@@H]1CCCN1C)c1ccc2ccccc2c1. The zero-order valence-corrected chi connectivity index (χ0v) is 12.7. The summed E-state index contributed by atoms with van der Waals surface area (Å²) in [6, 6.07) is 14.8. The van der Waals surface area contributed by atoms with Gasteiger partial charge in [0, 0.05) is 0 Å². The molecule has 0 aliphatic carbocycles. The van der Waals surface area contributed by atoms with Gasteiger partial charge in [0.05, 0.1) is 12.1 Å². The van der Waals surface area contributed by atoms with Gasteiger partial charge in [-0.25, -0.2) is 0 Å². The number of likely N-dealkylation sites (N-methyl/N-ethyl adjacent to an activating group) is 1. The third-order valence-corrected chi connectivity index (χ3v) is 4.46. The molecule has 1 amide bonds. The summed E-state index contributed by atoms with van der Waals surface area (Å²) in [5, 5.41) is 5.60. The maximum atomic E-state index is 12.4. The molecule has 2 aromatic rings. The fourth-order valence-corrected chi connectivity index (χ4v) is 3.11. The molecule has 3 heteroatoms. The third kappa shape index (κ3) is 2.93. The van der Waals surface area contributed by atoms with Crippen molar-refractivity contribution in [3.05, 3.63) is 48.0 Å². The number of carbonyl (C=O) groups excluding carboxylic acids is 1. The Morgan fingerprint density at radius 3 is 2.71 bits per heavy atom. The number of carbonyl (C=O) groups is 1. The first kappa shape index (κ1) is 14.1. The predicted molar refractivity (Wildman–Crippen MR) is 86.2 cm³/mol. The molecular formula is C18H22N2O. The summed E-state index contributed by atoms with van der Waals surface area (Å²) in [6.07, 6.45) is 2.08. The maximum absolute atomic E-state index is 12.4. The first-order valence-electron chi connectivity index (χ1n) is 7.64. The molecular weight excluding hydrogens is 260 g/mol. The normalized spacial score (nSPS) is 20.6. The first-order chi connectivity index (χ1) is 10.1. The lowest BCUT2D eigenvalue weighted by Crippen LogP contribution is -2.42. The van der Waals surface area contributed by atoms with Gasteiger partial charge in [0.25, 0.3) is 0 Å². The van der Waals surface area contributed by atoms with Gasteiger partial charge in [-0.3, -0.25) is 9.69 Å². The number of hydrogen-bond donors (Lipinski definition) is 1. The summed E-state index contributed by atoms with van der Waals surface area (Å²) in [5.41, 5.74) is 1.16. The molecule has 1 aliphatic heterocycles. The Balaban J connectivity index is 1.74. The Morgan fingerprint density at radius 1 is 1.24 bits per heavy atom. The fourth-order valence-electron chi connectivity index (χ4n) is 3.11. The molecule has 1 saturated heterocycles. The minimum absolute atomic E-state index is 0.0351. The zero-order valence-electron chi connectivity index (χ0n) is 12.7. The molecule has 21 heavy (non-hydrogen) atoms. The van der Waals surface area contributed by atoms with E-state index in [4.69, 9.17) is 0 Å². The van der Waals surface area contributed by atoms with E-state index >= 15 is 0 Å². The van der Waals surface area contributed by atoms with E-state index in [0.717, 1.165) is 24.9 Å². The molecule has 0 saturated carbocycles. The molecule has 1 heterocycles.